The summed E-state index contributed by atoms with van der Waals surface area (Å²) in [6.45, 7) is 2.07. The van der Waals surface area contributed by atoms with E-state index in [2.05, 4.69) is 4.98 Å². The van der Waals surface area contributed by atoms with Crippen molar-refractivity contribution in [1.82, 2.24) is 9.88 Å². The number of halogens is 1. The number of carbonyl (C=O) groups is 2. The van der Waals surface area contributed by atoms with Crippen LogP contribution in [0.25, 0.3) is 0 Å². The molecule has 2 N–H and O–H groups in total. The minimum absolute atomic E-state index is 0.134. The van der Waals surface area contributed by atoms with Crippen LogP contribution in [-0.4, -0.2) is 47.9 Å². The van der Waals surface area contributed by atoms with Gasteiger partial charge in [0.1, 0.15) is 11.6 Å². The minimum atomic E-state index is -0.525. The Morgan fingerprint density at radius 3 is 2.33 bits per heavy atom. The maximum atomic E-state index is 13.0. The fourth-order valence-electron chi connectivity index (χ4n) is 2.74. The molecule has 24 heavy (non-hydrogen) atoms. The predicted molar refractivity (Wildman–Crippen MR) is 87.3 cm³/mol. The number of aromatic nitrogens is 1. The zero-order valence-corrected chi connectivity index (χ0v) is 13.0. The molecule has 1 saturated heterocycles. The van der Waals surface area contributed by atoms with Gasteiger partial charge in [0.05, 0.1) is 5.56 Å². The van der Waals surface area contributed by atoms with E-state index in [0.717, 1.165) is 0 Å². The Hall–Kier alpha value is -2.96. The number of pyridine rings is 1. The number of rotatable bonds is 3. The zero-order chi connectivity index (χ0) is 17.1. The van der Waals surface area contributed by atoms with Gasteiger partial charge in [0.25, 0.3) is 11.8 Å². The molecule has 0 aliphatic carbocycles. The van der Waals surface area contributed by atoms with Crippen molar-refractivity contribution in [1.29, 1.82) is 0 Å². The molecule has 0 atom stereocenters. The van der Waals surface area contributed by atoms with Gasteiger partial charge in [-0.2, -0.15) is 0 Å². The van der Waals surface area contributed by atoms with E-state index in [-0.39, 0.29) is 11.7 Å². The average Bonchev–Trinajstić information content (AvgIpc) is 2.62. The summed E-state index contributed by atoms with van der Waals surface area (Å²) in [5.74, 6) is -0.488. The number of benzene rings is 1. The van der Waals surface area contributed by atoms with Gasteiger partial charge in [-0.25, -0.2) is 9.37 Å². The molecule has 0 saturated carbocycles. The van der Waals surface area contributed by atoms with Crippen LogP contribution in [0.3, 0.4) is 0 Å². The summed E-state index contributed by atoms with van der Waals surface area (Å²) in [4.78, 5) is 31.8. The third-order valence-electron chi connectivity index (χ3n) is 4.01. The Morgan fingerprint density at radius 1 is 1.04 bits per heavy atom. The molecular formula is C17H17FN4O2. The van der Waals surface area contributed by atoms with E-state index in [9.17, 15) is 14.0 Å². The Bertz CT molecular complexity index is 755. The number of hydrogen-bond donors (Lipinski definition) is 1. The molecule has 3 rings (SSSR count). The maximum Gasteiger partial charge on any atom is 0.253 e. The lowest BCUT2D eigenvalue weighted by Gasteiger charge is -2.36. The van der Waals surface area contributed by atoms with Crippen LogP contribution in [0.1, 0.15) is 20.7 Å². The first-order chi connectivity index (χ1) is 11.6. The highest BCUT2D eigenvalue weighted by atomic mass is 19.1. The van der Waals surface area contributed by atoms with Crippen LogP contribution in [0, 0.1) is 5.82 Å². The van der Waals surface area contributed by atoms with Crippen molar-refractivity contribution in [3.63, 3.8) is 0 Å². The molecule has 1 aliphatic rings. The summed E-state index contributed by atoms with van der Waals surface area (Å²) in [6.07, 6.45) is 1.61. The number of nitrogens with two attached hydrogens (primary N) is 1. The van der Waals surface area contributed by atoms with Gasteiger partial charge in [-0.15, -0.1) is 0 Å². The van der Waals surface area contributed by atoms with Gasteiger partial charge < -0.3 is 15.5 Å². The molecule has 2 amide bonds. The van der Waals surface area contributed by atoms with E-state index in [4.69, 9.17) is 5.73 Å². The number of nitrogens with zero attached hydrogens (tertiary/aromatic N) is 3. The fraction of sp³-hybridized carbons (Fsp3) is 0.235. The van der Waals surface area contributed by atoms with Crippen molar-refractivity contribution >= 4 is 17.6 Å². The van der Waals surface area contributed by atoms with Crippen LogP contribution in [-0.2, 0) is 0 Å². The van der Waals surface area contributed by atoms with Crippen LogP contribution in [0.2, 0.25) is 0 Å². The van der Waals surface area contributed by atoms with Gasteiger partial charge in [0.15, 0.2) is 0 Å². The molecule has 7 heteroatoms. The lowest BCUT2D eigenvalue weighted by Crippen LogP contribution is -2.49. The molecular weight excluding hydrogens is 311 g/mol. The van der Waals surface area contributed by atoms with Gasteiger partial charge in [-0.1, -0.05) is 0 Å². The number of amides is 2. The van der Waals surface area contributed by atoms with Gasteiger partial charge in [-0.05, 0) is 36.4 Å². The third-order valence-corrected chi connectivity index (χ3v) is 4.01. The summed E-state index contributed by atoms with van der Waals surface area (Å²) in [5.41, 5.74) is 6.21. The summed E-state index contributed by atoms with van der Waals surface area (Å²) >= 11 is 0. The SMILES string of the molecule is NC(=O)c1cccnc1N1CCN(C(=O)c2ccc(F)cc2)CC1. The largest absolute Gasteiger partial charge is 0.365 e. The average molecular weight is 328 g/mol. The monoisotopic (exact) mass is 328 g/mol. The lowest BCUT2D eigenvalue weighted by atomic mass is 10.1. The molecule has 0 spiro atoms. The molecule has 2 aromatic rings. The minimum Gasteiger partial charge on any atom is -0.365 e. The van der Waals surface area contributed by atoms with Crippen molar-refractivity contribution in [2.75, 3.05) is 31.1 Å². The molecule has 1 aromatic heterocycles. The molecule has 1 aromatic carbocycles. The highest BCUT2D eigenvalue weighted by Gasteiger charge is 2.24. The second-order valence-corrected chi connectivity index (χ2v) is 5.52. The van der Waals surface area contributed by atoms with Crippen LogP contribution < -0.4 is 10.6 Å². The highest BCUT2D eigenvalue weighted by molar-refractivity contribution is 5.98. The Kier molecular flexibility index (Phi) is 4.41. The van der Waals surface area contributed by atoms with Crippen molar-refractivity contribution in [3.8, 4) is 0 Å². The van der Waals surface area contributed by atoms with E-state index >= 15 is 0 Å². The standard InChI is InChI=1S/C17H17FN4O2/c18-13-5-3-12(4-6-13)17(24)22-10-8-21(9-11-22)16-14(15(19)23)2-1-7-20-16/h1-7H,8-11H2,(H2,19,23). The molecule has 0 radical (unpaired) electrons. The summed E-state index contributed by atoms with van der Waals surface area (Å²) < 4.78 is 13.0. The quantitative estimate of drug-likeness (QED) is 0.920. The van der Waals surface area contributed by atoms with Crippen molar-refractivity contribution in [3.05, 3.63) is 59.5 Å². The van der Waals surface area contributed by atoms with Crippen molar-refractivity contribution in [2.45, 2.75) is 0 Å². The number of anilines is 1. The normalized spacial score (nSPS) is 14.5. The first kappa shape index (κ1) is 15.9. The van der Waals surface area contributed by atoms with E-state index in [1.54, 1.807) is 23.2 Å². The molecule has 0 unspecified atom stereocenters. The second kappa shape index (κ2) is 6.66. The van der Waals surface area contributed by atoms with Crippen LogP contribution >= 0.6 is 0 Å². The molecule has 0 bridgehead atoms. The molecule has 2 heterocycles. The third kappa shape index (κ3) is 3.19. The summed E-state index contributed by atoms with van der Waals surface area (Å²) in [5, 5.41) is 0. The molecule has 1 fully saturated rings. The maximum absolute atomic E-state index is 13.0. The topological polar surface area (TPSA) is 79.5 Å². The molecule has 124 valence electrons. The Labute approximate surface area is 138 Å². The smallest absolute Gasteiger partial charge is 0.253 e. The van der Waals surface area contributed by atoms with Gasteiger partial charge >= 0.3 is 0 Å². The van der Waals surface area contributed by atoms with E-state index in [1.165, 1.54) is 24.3 Å². The first-order valence-electron chi connectivity index (χ1n) is 7.61. The van der Waals surface area contributed by atoms with Crippen molar-refractivity contribution in [2.24, 2.45) is 5.73 Å². The number of carbonyl (C=O) groups excluding carboxylic acids is 2. The molecule has 6 nitrogen and oxygen atoms in total. The van der Waals surface area contributed by atoms with Gasteiger partial charge in [0, 0.05) is 37.9 Å². The Morgan fingerprint density at radius 2 is 1.71 bits per heavy atom. The zero-order valence-electron chi connectivity index (χ0n) is 13.0. The van der Waals surface area contributed by atoms with Crippen LogP contribution in [0.15, 0.2) is 42.6 Å². The van der Waals surface area contributed by atoms with E-state index in [0.29, 0.717) is 43.1 Å². The summed E-state index contributed by atoms with van der Waals surface area (Å²) in [6, 6.07) is 8.81. The Balaban J connectivity index is 1.69. The van der Waals surface area contributed by atoms with Crippen LogP contribution in [0.5, 0.6) is 0 Å². The summed E-state index contributed by atoms with van der Waals surface area (Å²) in [7, 11) is 0. The molecule has 1 aliphatic heterocycles. The van der Waals surface area contributed by atoms with E-state index < -0.39 is 5.91 Å². The second-order valence-electron chi connectivity index (χ2n) is 5.52. The predicted octanol–water partition coefficient (Wildman–Crippen LogP) is 1.28. The van der Waals surface area contributed by atoms with Crippen molar-refractivity contribution < 1.29 is 14.0 Å². The fourth-order valence-corrected chi connectivity index (χ4v) is 2.74. The van der Waals surface area contributed by atoms with Gasteiger partial charge in [-0.3, -0.25) is 9.59 Å². The first-order valence-corrected chi connectivity index (χ1v) is 7.61. The lowest BCUT2D eigenvalue weighted by molar-refractivity contribution is 0.0745. The number of primary amides is 1. The van der Waals surface area contributed by atoms with E-state index in [1.807, 2.05) is 4.90 Å². The number of piperazine rings is 1. The number of hydrogen-bond acceptors (Lipinski definition) is 4. The highest BCUT2D eigenvalue weighted by Crippen LogP contribution is 2.19. The van der Waals surface area contributed by atoms with Crippen LogP contribution in [0.4, 0.5) is 10.2 Å². The van der Waals surface area contributed by atoms with Gasteiger partial charge in [0.2, 0.25) is 0 Å².